The molecule has 3 aromatic rings. The van der Waals surface area contributed by atoms with Crippen molar-refractivity contribution < 1.29 is 14.3 Å². The summed E-state index contributed by atoms with van der Waals surface area (Å²) in [6.45, 7) is 5.66. The second kappa shape index (κ2) is 10.7. The fourth-order valence-electron chi connectivity index (χ4n) is 3.15. The largest absolute Gasteiger partial charge is 0.497 e. The molecular formula is C23H27N3O3S. The van der Waals surface area contributed by atoms with Crippen LogP contribution in [-0.4, -0.2) is 40.4 Å². The van der Waals surface area contributed by atoms with Gasteiger partial charge in [0.05, 0.1) is 7.11 Å². The number of carbonyl (C=O) groups is 1. The Hall–Kier alpha value is -2.93. The summed E-state index contributed by atoms with van der Waals surface area (Å²) in [7, 11) is 1.65. The fourth-order valence-corrected chi connectivity index (χ4v) is 3.72. The van der Waals surface area contributed by atoms with E-state index in [0.717, 1.165) is 37.2 Å². The lowest BCUT2D eigenvalue weighted by atomic mass is 10.1. The van der Waals surface area contributed by atoms with Gasteiger partial charge in [0.15, 0.2) is 5.82 Å². The highest BCUT2D eigenvalue weighted by Crippen LogP contribution is 2.25. The molecule has 7 heteroatoms. The van der Waals surface area contributed by atoms with Crippen molar-refractivity contribution in [3.63, 3.8) is 0 Å². The molecule has 0 aliphatic heterocycles. The molecule has 1 heterocycles. The maximum absolute atomic E-state index is 12.8. The van der Waals surface area contributed by atoms with E-state index < -0.39 is 0 Å². The molecule has 0 radical (unpaired) electrons. The number of carbonyl (C=O) groups excluding carboxylic acids is 1. The van der Waals surface area contributed by atoms with Crippen molar-refractivity contribution in [3.05, 3.63) is 65.5 Å². The van der Waals surface area contributed by atoms with Gasteiger partial charge in [0.1, 0.15) is 11.5 Å². The van der Waals surface area contributed by atoms with Crippen LogP contribution in [0.3, 0.4) is 0 Å². The quantitative estimate of drug-likeness (QED) is 0.447. The Balaban J connectivity index is 1.68. The second-order valence-electron chi connectivity index (χ2n) is 6.93. The minimum atomic E-state index is 0.0279. The number of rotatable bonds is 10. The first-order valence-electron chi connectivity index (χ1n) is 10.2. The van der Waals surface area contributed by atoms with Gasteiger partial charge in [0, 0.05) is 36.6 Å². The SMILES string of the molecule is CCCN(CCC)C(=O)c1cccc(Oc2nc(Cc3cccc(OC)c3)ns2)c1. The Morgan fingerprint density at radius 1 is 1.03 bits per heavy atom. The van der Waals surface area contributed by atoms with Gasteiger partial charge in [-0.1, -0.05) is 32.0 Å². The van der Waals surface area contributed by atoms with Crippen LogP contribution in [0.5, 0.6) is 16.7 Å². The summed E-state index contributed by atoms with van der Waals surface area (Å²) < 4.78 is 15.5. The maximum Gasteiger partial charge on any atom is 0.298 e. The van der Waals surface area contributed by atoms with Crippen LogP contribution in [0.1, 0.15) is 48.4 Å². The third kappa shape index (κ3) is 5.79. The molecule has 30 heavy (non-hydrogen) atoms. The molecule has 1 amide bonds. The van der Waals surface area contributed by atoms with Crippen molar-refractivity contribution in [1.29, 1.82) is 0 Å². The van der Waals surface area contributed by atoms with Gasteiger partial charge in [-0.25, -0.2) is 0 Å². The lowest BCUT2D eigenvalue weighted by Crippen LogP contribution is -2.32. The maximum atomic E-state index is 12.8. The zero-order valence-corrected chi connectivity index (χ0v) is 18.4. The minimum Gasteiger partial charge on any atom is -0.497 e. The Morgan fingerprint density at radius 2 is 1.77 bits per heavy atom. The van der Waals surface area contributed by atoms with E-state index in [1.165, 1.54) is 11.5 Å². The second-order valence-corrected chi connectivity index (χ2v) is 7.64. The molecule has 0 saturated heterocycles. The first-order valence-corrected chi connectivity index (χ1v) is 10.9. The van der Waals surface area contributed by atoms with Gasteiger partial charge in [-0.15, -0.1) is 0 Å². The van der Waals surface area contributed by atoms with Gasteiger partial charge in [-0.3, -0.25) is 4.79 Å². The van der Waals surface area contributed by atoms with Crippen molar-refractivity contribution in [2.24, 2.45) is 0 Å². The molecule has 0 aliphatic rings. The Morgan fingerprint density at radius 3 is 2.50 bits per heavy atom. The zero-order chi connectivity index (χ0) is 21.3. The van der Waals surface area contributed by atoms with Crippen LogP contribution in [0, 0.1) is 0 Å². The van der Waals surface area contributed by atoms with Gasteiger partial charge in [-0.05, 0) is 48.7 Å². The highest BCUT2D eigenvalue weighted by atomic mass is 32.1. The molecule has 6 nitrogen and oxygen atoms in total. The number of aromatic nitrogens is 2. The third-order valence-corrected chi connectivity index (χ3v) is 5.14. The molecule has 0 atom stereocenters. The van der Waals surface area contributed by atoms with Gasteiger partial charge >= 0.3 is 0 Å². The van der Waals surface area contributed by atoms with Crippen LogP contribution in [0.25, 0.3) is 0 Å². The van der Waals surface area contributed by atoms with E-state index in [1.54, 1.807) is 13.2 Å². The van der Waals surface area contributed by atoms with Crippen LogP contribution < -0.4 is 9.47 Å². The molecule has 0 aliphatic carbocycles. The lowest BCUT2D eigenvalue weighted by molar-refractivity contribution is 0.0755. The summed E-state index contributed by atoms with van der Waals surface area (Å²) in [5.74, 6) is 2.10. The lowest BCUT2D eigenvalue weighted by Gasteiger charge is -2.21. The van der Waals surface area contributed by atoms with E-state index in [2.05, 4.69) is 23.2 Å². The van der Waals surface area contributed by atoms with Gasteiger partial charge in [0.25, 0.3) is 11.1 Å². The number of ether oxygens (including phenoxy) is 2. The van der Waals surface area contributed by atoms with Crippen LogP contribution in [0.15, 0.2) is 48.5 Å². The first kappa shape index (κ1) is 21.8. The monoisotopic (exact) mass is 425 g/mol. The molecule has 1 aromatic heterocycles. The number of nitrogens with zero attached hydrogens (tertiary/aromatic N) is 3. The van der Waals surface area contributed by atoms with Crippen LogP contribution in [-0.2, 0) is 6.42 Å². The van der Waals surface area contributed by atoms with Crippen LogP contribution >= 0.6 is 11.5 Å². The number of amides is 1. The molecule has 2 aromatic carbocycles. The molecule has 0 spiro atoms. The predicted octanol–water partition coefficient (Wildman–Crippen LogP) is 5.19. The zero-order valence-electron chi connectivity index (χ0n) is 17.6. The minimum absolute atomic E-state index is 0.0279. The summed E-state index contributed by atoms with van der Waals surface area (Å²) in [6.07, 6.45) is 2.46. The van der Waals surface area contributed by atoms with Gasteiger partial charge in [0.2, 0.25) is 0 Å². The summed E-state index contributed by atoms with van der Waals surface area (Å²) in [5.41, 5.74) is 1.69. The van der Waals surface area contributed by atoms with Crippen molar-refractivity contribution in [2.45, 2.75) is 33.1 Å². The highest BCUT2D eigenvalue weighted by molar-refractivity contribution is 7.07. The number of methoxy groups -OCH3 is 1. The molecule has 158 valence electrons. The standard InChI is InChI=1S/C23H27N3O3S/c1-4-12-26(13-5-2)22(27)18-9-7-11-20(16-18)29-23-24-21(25-30-23)15-17-8-6-10-19(14-17)28-3/h6-11,14,16H,4-5,12-13,15H2,1-3H3. The van der Waals surface area contributed by atoms with E-state index in [-0.39, 0.29) is 5.91 Å². The summed E-state index contributed by atoms with van der Waals surface area (Å²) in [4.78, 5) is 19.2. The summed E-state index contributed by atoms with van der Waals surface area (Å²) in [6, 6.07) is 15.1. The van der Waals surface area contributed by atoms with E-state index >= 15 is 0 Å². The van der Waals surface area contributed by atoms with Crippen LogP contribution in [0.4, 0.5) is 0 Å². The summed E-state index contributed by atoms with van der Waals surface area (Å²) in [5, 5.41) is 0.455. The summed E-state index contributed by atoms with van der Waals surface area (Å²) >= 11 is 1.20. The Kier molecular flexibility index (Phi) is 7.79. The smallest absolute Gasteiger partial charge is 0.298 e. The van der Waals surface area contributed by atoms with E-state index in [0.29, 0.717) is 28.8 Å². The predicted molar refractivity (Wildman–Crippen MR) is 119 cm³/mol. The molecule has 0 saturated carbocycles. The third-order valence-electron chi connectivity index (χ3n) is 4.51. The first-order chi connectivity index (χ1) is 14.6. The fraction of sp³-hybridized carbons (Fsp3) is 0.348. The van der Waals surface area contributed by atoms with E-state index in [4.69, 9.17) is 9.47 Å². The van der Waals surface area contributed by atoms with Crippen molar-refractivity contribution >= 4 is 17.4 Å². The van der Waals surface area contributed by atoms with E-state index in [1.807, 2.05) is 47.4 Å². The average Bonchev–Trinajstić information content (AvgIpc) is 3.20. The van der Waals surface area contributed by atoms with Gasteiger partial charge < -0.3 is 14.4 Å². The highest BCUT2D eigenvalue weighted by Gasteiger charge is 2.15. The van der Waals surface area contributed by atoms with Crippen LogP contribution in [0.2, 0.25) is 0 Å². The molecule has 0 fully saturated rings. The topological polar surface area (TPSA) is 64.6 Å². The molecule has 0 bridgehead atoms. The normalized spacial score (nSPS) is 10.6. The molecule has 3 rings (SSSR count). The Bertz CT molecular complexity index is 968. The number of hydrogen-bond acceptors (Lipinski definition) is 6. The van der Waals surface area contributed by atoms with Crippen molar-refractivity contribution in [3.8, 4) is 16.7 Å². The van der Waals surface area contributed by atoms with Crippen molar-refractivity contribution in [2.75, 3.05) is 20.2 Å². The van der Waals surface area contributed by atoms with Crippen molar-refractivity contribution in [1.82, 2.24) is 14.3 Å². The van der Waals surface area contributed by atoms with E-state index in [9.17, 15) is 4.79 Å². The molecule has 0 N–H and O–H groups in total. The molecule has 0 unspecified atom stereocenters. The number of hydrogen-bond donors (Lipinski definition) is 0. The molecular weight excluding hydrogens is 398 g/mol. The average molecular weight is 426 g/mol. The number of benzene rings is 2. The Labute approximate surface area is 181 Å². The van der Waals surface area contributed by atoms with Gasteiger partial charge in [-0.2, -0.15) is 9.36 Å².